The summed E-state index contributed by atoms with van der Waals surface area (Å²) >= 11 is 5.66. The van der Waals surface area contributed by atoms with E-state index in [1.807, 2.05) is 6.92 Å². The third-order valence-corrected chi connectivity index (χ3v) is 2.43. The number of unbranched alkanes of at least 4 members (excludes halogenated alkanes) is 1. The van der Waals surface area contributed by atoms with Crippen LogP contribution in [0.4, 0.5) is 0 Å². The first-order valence-electron chi connectivity index (χ1n) is 4.06. The second-order valence-corrected chi connectivity index (χ2v) is 3.36. The van der Waals surface area contributed by atoms with Gasteiger partial charge in [-0.15, -0.1) is 11.6 Å². The largest absolute Gasteiger partial charge is 0.392 e. The quantitative estimate of drug-likeness (QED) is 0.385. The van der Waals surface area contributed by atoms with Gasteiger partial charge in [0.25, 0.3) is 0 Å². The van der Waals surface area contributed by atoms with Gasteiger partial charge in [0.15, 0.2) is 0 Å². The number of halogens is 1. The molecule has 0 aromatic carbocycles. The van der Waals surface area contributed by atoms with Crippen molar-refractivity contribution in [2.24, 2.45) is 5.92 Å². The highest BCUT2D eigenvalue weighted by Gasteiger charge is 2.42. The van der Waals surface area contributed by atoms with Gasteiger partial charge < -0.3 is 4.74 Å². The maximum atomic E-state index is 11.0. The molecule has 3 nitrogen and oxygen atoms in total. The van der Waals surface area contributed by atoms with E-state index in [0.29, 0.717) is 6.42 Å². The number of hydrogen-bond acceptors (Lipinski definition) is 3. The molecule has 1 aliphatic rings. The third-order valence-electron chi connectivity index (χ3n) is 1.95. The Morgan fingerprint density at radius 3 is 2.50 bits per heavy atom. The minimum absolute atomic E-state index is 0.417. The number of ether oxygens (including phenoxy) is 1. The number of rotatable bonds is 3. The Balaban J connectivity index is 2.51. The molecule has 0 saturated carbocycles. The molecule has 1 aliphatic heterocycles. The second kappa shape index (κ2) is 3.90. The summed E-state index contributed by atoms with van der Waals surface area (Å²) in [4.78, 5) is 21.8. The lowest BCUT2D eigenvalue weighted by molar-refractivity contribution is -0.153. The molecule has 0 aromatic rings. The van der Waals surface area contributed by atoms with Crippen molar-refractivity contribution in [1.82, 2.24) is 0 Å². The summed E-state index contributed by atoms with van der Waals surface area (Å²) < 4.78 is 4.37. The summed E-state index contributed by atoms with van der Waals surface area (Å²) in [6.07, 6.45) is 2.53. The number of alkyl halides is 1. The van der Waals surface area contributed by atoms with E-state index in [1.54, 1.807) is 0 Å². The van der Waals surface area contributed by atoms with Gasteiger partial charge in [-0.25, -0.2) is 4.79 Å². The van der Waals surface area contributed by atoms with Crippen LogP contribution < -0.4 is 0 Å². The molecule has 1 heterocycles. The maximum Gasteiger partial charge on any atom is 0.332 e. The van der Waals surface area contributed by atoms with Crippen molar-refractivity contribution >= 4 is 23.5 Å². The second-order valence-electron chi connectivity index (χ2n) is 2.89. The van der Waals surface area contributed by atoms with Crippen LogP contribution in [-0.4, -0.2) is 17.3 Å². The summed E-state index contributed by atoms with van der Waals surface area (Å²) in [6, 6.07) is 0. The van der Waals surface area contributed by atoms with Crippen molar-refractivity contribution in [3.05, 3.63) is 0 Å². The van der Waals surface area contributed by atoms with Gasteiger partial charge in [0.1, 0.15) is 5.38 Å². The average Bonchev–Trinajstić information content (AvgIpc) is 2.25. The number of carbonyl (C=O) groups is 2. The molecule has 0 aromatic heterocycles. The smallest absolute Gasteiger partial charge is 0.332 e. The summed E-state index contributed by atoms with van der Waals surface area (Å²) in [7, 11) is 0. The Labute approximate surface area is 76.0 Å². The van der Waals surface area contributed by atoms with Crippen LogP contribution in [0.3, 0.4) is 0 Å². The van der Waals surface area contributed by atoms with E-state index in [0.717, 1.165) is 12.8 Å². The van der Waals surface area contributed by atoms with Crippen molar-refractivity contribution in [2.75, 3.05) is 0 Å². The molecule has 12 heavy (non-hydrogen) atoms. The monoisotopic (exact) mass is 190 g/mol. The highest BCUT2D eigenvalue weighted by Crippen LogP contribution is 2.26. The standard InChI is InChI=1S/C8H11ClO3/c1-2-3-4-5-6(9)8(11)12-7(5)10/h5-6H,2-4H2,1H3. The SMILES string of the molecule is CCCCC1C(=O)OC(=O)C1Cl. The molecule has 1 rings (SSSR count). The molecule has 1 fully saturated rings. The molecular weight excluding hydrogens is 180 g/mol. The van der Waals surface area contributed by atoms with Crippen LogP contribution in [0.15, 0.2) is 0 Å². The molecule has 68 valence electrons. The maximum absolute atomic E-state index is 11.0. The zero-order valence-electron chi connectivity index (χ0n) is 6.88. The molecule has 2 atom stereocenters. The molecule has 0 bridgehead atoms. The molecule has 0 amide bonds. The Kier molecular flexibility index (Phi) is 3.09. The fourth-order valence-corrected chi connectivity index (χ4v) is 1.48. The summed E-state index contributed by atoms with van der Waals surface area (Å²) in [6.45, 7) is 2.02. The Morgan fingerprint density at radius 2 is 2.08 bits per heavy atom. The molecule has 0 aliphatic carbocycles. The molecule has 0 radical (unpaired) electrons. The number of hydrogen-bond donors (Lipinski definition) is 0. The van der Waals surface area contributed by atoms with Crippen LogP contribution in [-0.2, 0) is 14.3 Å². The lowest BCUT2D eigenvalue weighted by Crippen LogP contribution is -2.17. The van der Waals surface area contributed by atoms with Crippen LogP contribution in [0.25, 0.3) is 0 Å². The topological polar surface area (TPSA) is 43.4 Å². The van der Waals surface area contributed by atoms with E-state index < -0.39 is 23.2 Å². The highest BCUT2D eigenvalue weighted by atomic mass is 35.5. The van der Waals surface area contributed by atoms with E-state index >= 15 is 0 Å². The van der Waals surface area contributed by atoms with Gasteiger partial charge in [0, 0.05) is 0 Å². The third kappa shape index (κ3) is 1.78. The molecule has 0 spiro atoms. The molecule has 2 unspecified atom stereocenters. The van der Waals surface area contributed by atoms with Crippen molar-refractivity contribution in [1.29, 1.82) is 0 Å². The van der Waals surface area contributed by atoms with E-state index in [9.17, 15) is 9.59 Å². The first-order chi connectivity index (χ1) is 5.66. The fraction of sp³-hybridized carbons (Fsp3) is 0.750. The zero-order valence-corrected chi connectivity index (χ0v) is 7.63. The molecule has 1 saturated heterocycles. The van der Waals surface area contributed by atoms with Gasteiger partial charge in [-0.2, -0.15) is 0 Å². The van der Waals surface area contributed by atoms with E-state index in [4.69, 9.17) is 11.6 Å². The summed E-state index contributed by atoms with van der Waals surface area (Å²) in [5, 5.41) is -0.760. The van der Waals surface area contributed by atoms with Crippen LogP contribution in [0, 0.1) is 5.92 Å². The van der Waals surface area contributed by atoms with Gasteiger partial charge in [-0.05, 0) is 6.42 Å². The van der Waals surface area contributed by atoms with E-state index in [2.05, 4.69) is 4.74 Å². The summed E-state index contributed by atoms with van der Waals surface area (Å²) in [5.41, 5.74) is 0. The lowest BCUT2D eigenvalue weighted by Gasteiger charge is -2.04. The molecule has 4 heteroatoms. The number of esters is 2. The van der Waals surface area contributed by atoms with Gasteiger partial charge in [-0.1, -0.05) is 19.8 Å². The fourth-order valence-electron chi connectivity index (χ4n) is 1.20. The highest BCUT2D eigenvalue weighted by molar-refractivity contribution is 6.33. The number of cyclic esters (lactones) is 2. The van der Waals surface area contributed by atoms with E-state index in [-0.39, 0.29) is 0 Å². The molecular formula is C8H11ClO3. The van der Waals surface area contributed by atoms with Crippen LogP contribution in [0.2, 0.25) is 0 Å². The van der Waals surface area contributed by atoms with Gasteiger partial charge >= 0.3 is 11.9 Å². The van der Waals surface area contributed by atoms with Crippen LogP contribution in [0.5, 0.6) is 0 Å². The predicted octanol–water partition coefficient (Wildman–Crippen LogP) is 1.48. The average molecular weight is 191 g/mol. The first kappa shape index (κ1) is 9.52. The number of carbonyl (C=O) groups excluding carboxylic acids is 2. The first-order valence-corrected chi connectivity index (χ1v) is 4.50. The van der Waals surface area contributed by atoms with Crippen molar-refractivity contribution in [3.63, 3.8) is 0 Å². The van der Waals surface area contributed by atoms with E-state index in [1.165, 1.54) is 0 Å². The Morgan fingerprint density at radius 1 is 1.42 bits per heavy atom. The molecule has 0 N–H and O–H groups in total. The van der Waals surface area contributed by atoms with Crippen molar-refractivity contribution in [2.45, 2.75) is 31.6 Å². The Bertz CT molecular complexity index is 202. The van der Waals surface area contributed by atoms with Gasteiger partial charge in [0.05, 0.1) is 5.92 Å². The van der Waals surface area contributed by atoms with Gasteiger partial charge in [-0.3, -0.25) is 4.79 Å². The van der Waals surface area contributed by atoms with Gasteiger partial charge in [0.2, 0.25) is 0 Å². The zero-order chi connectivity index (χ0) is 9.14. The summed E-state index contributed by atoms with van der Waals surface area (Å²) in [5.74, 6) is -1.48. The van der Waals surface area contributed by atoms with Crippen LogP contribution >= 0.6 is 11.6 Å². The lowest BCUT2D eigenvalue weighted by atomic mass is 10.0. The van der Waals surface area contributed by atoms with Crippen molar-refractivity contribution < 1.29 is 14.3 Å². The normalized spacial score (nSPS) is 29.2. The minimum Gasteiger partial charge on any atom is -0.392 e. The van der Waals surface area contributed by atoms with Crippen molar-refractivity contribution in [3.8, 4) is 0 Å². The Hall–Kier alpha value is -0.570. The minimum atomic E-state index is -0.760. The van der Waals surface area contributed by atoms with Crippen LogP contribution in [0.1, 0.15) is 26.2 Å². The predicted molar refractivity (Wildman–Crippen MR) is 43.8 cm³/mol.